The molecule has 2 heteroatoms. The Morgan fingerprint density at radius 3 is 2.48 bits per heavy atom. The fraction of sp³-hybridized carbons (Fsp3) is 1.00. The first kappa shape index (κ1) is 17.3. The SMILES string of the molecule is CCCNC(CCC1CCCCO1)C1CCC(CC)CC1. The number of hydrogen-bond acceptors (Lipinski definition) is 2. The Hall–Kier alpha value is -0.0800. The number of nitrogens with one attached hydrogen (secondary N) is 1. The molecule has 124 valence electrons. The van der Waals surface area contributed by atoms with Crippen molar-refractivity contribution < 1.29 is 4.74 Å². The van der Waals surface area contributed by atoms with Gasteiger partial charge in [-0.15, -0.1) is 0 Å². The van der Waals surface area contributed by atoms with E-state index in [1.165, 1.54) is 77.2 Å². The zero-order valence-corrected chi connectivity index (χ0v) is 14.4. The van der Waals surface area contributed by atoms with Crippen LogP contribution in [0.1, 0.15) is 84.5 Å². The molecule has 2 rings (SSSR count). The van der Waals surface area contributed by atoms with Gasteiger partial charge in [0.1, 0.15) is 0 Å². The molecule has 0 radical (unpaired) electrons. The van der Waals surface area contributed by atoms with E-state index in [-0.39, 0.29) is 0 Å². The molecule has 1 aliphatic carbocycles. The predicted octanol–water partition coefficient (Wildman–Crippen LogP) is 4.92. The summed E-state index contributed by atoms with van der Waals surface area (Å²) in [6, 6.07) is 0.744. The maximum absolute atomic E-state index is 5.93. The summed E-state index contributed by atoms with van der Waals surface area (Å²) in [5, 5.41) is 3.86. The highest BCUT2D eigenvalue weighted by Crippen LogP contribution is 2.34. The number of hydrogen-bond donors (Lipinski definition) is 1. The molecule has 0 aromatic carbocycles. The summed E-state index contributed by atoms with van der Waals surface area (Å²) in [5.41, 5.74) is 0. The smallest absolute Gasteiger partial charge is 0.0575 e. The van der Waals surface area contributed by atoms with E-state index in [1.807, 2.05) is 0 Å². The average Bonchev–Trinajstić information content (AvgIpc) is 2.56. The second kappa shape index (κ2) is 9.84. The molecular weight excluding hydrogens is 258 g/mol. The molecule has 0 bridgehead atoms. The van der Waals surface area contributed by atoms with E-state index in [2.05, 4.69) is 19.2 Å². The summed E-state index contributed by atoms with van der Waals surface area (Å²) in [6.07, 6.45) is 15.6. The number of rotatable bonds is 8. The van der Waals surface area contributed by atoms with Gasteiger partial charge in [0.2, 0.25) is 0 Å². The predicted molar refractivity (Wildman–Crippen MR) is 90.6 cm³/mol. The van der Waals surface area contributed by atoms with Crippen LogP contribution in [0, 0.1) is 11.8 Å². The molecule has 2 unspecified atom stereocenters. The summed E-state index contributed by atoms with van der Waals surface area (Å²) in [5.74, 6) is 1.93. The van der Waals surface area contributed by atoms with E-state index < -0.39 is 0 Å². The van der Waals surface area contributed by atoms with Crippen LogP contribution in [0.15, 0.2) is 0 Å². The molecule has 1 saturated carbocycles. The molecule has 0 aromatic rings. The molecule has 1 heterocycles. The van der Waals surface area contributed by atoms with Crippen LogP contribution in [0.3, 0.4) is 0 Å². The summed E-state index contributed by atoms with van der Waals surface area (Å²) in [4.78, 5) is 0. The van der Waals surface area contributed by atoms with Gasteiger partial charge in [-0.05, 0) is 69.7 Å². The molecule has 0 amide bonds. The van der Waals surface area contributed by atoms with Crippen LogP contribution in [0.25, 0.3) is 0 Å². The Morgan fingerprint density at radius 2 is 1.86 bits per heavy atom. The van der Waals surface area contributed by atoms with Crippen LogP contribution in [0.4, 0.5) is 0 Å². The highest BCUT2D eigenvalue weighted by atomic mass is 16.5. The Balaban J connectivity index is 1.76. The van der Waals surface area contributed by atoms with Crippen molar-refractivity contribution in [2.75, 3.05) is 13.2 Å². The topological polar surface area (TPSA) is 21.3 Å². The van der Waals surface area contributed by atoms with Crippen LogP contribution in [-0.4, -0.2) is 25.3 Å². The van der Waals surface area contributed by atoms with Crippen molar-refractivity contribution in [3.05, 3.63) is 0 Å². The van der Waals surface area contributed by atoms with E-state index in [0.717, 1.165) is 24.5 Å². The fourth-order valence-corrected chi connectivity index (χ4v) is 4.23. The fourth-order valence-electron chi connectivity index (χ4n) is 4.23. The van der Waals surface area contributed by atoms with E-state index in [9.17, 15) is 0 Å². The summed E-state index contributed by atoms with van der Waals surface area (Å²) < 4.78 is 5.93. The lowest BCUT2D eigenvalue weighted by molar-refractivity contribution is 0.00682. The van der Waals surface area contributed by atoms with Crippen LogP contribution in [0.2, 0.25) is 0 Å². The normalized spacial score (nSPS) is 32.0. The minimum Gasteiger partial charge on any atom is -0.378 e. The van der Waals surface area contributed by atoms with Crippen molar-refractivity contribution in [1.29, 1.82) is 0 Å². The van der Waals surface area contributed by atoms with Gasteiger partial charge in [0.15, 0.2) is 0 Å². The van der Waals surface area contributed by atoms with E-state index in [4.69, 9.17) is 4.74 Å². The minimum absolute atomic E-state index is 0.552. The van der Waals surface area contributed by atoms with Gasteiger partial charge in [-0.25, -0.2) is 0 Å². The highest BCUT2D eigenvalue weighted by Gasteiger charge is 2.27. The average molecular weight is 296 g/mol. The van der Waals surface area contributed by atoms with Crippen LogP contribution >= 0.6 is 0 Å². The van der Waals surface area contributed by atoms with Gasteiger partial charge in [-0.1, -0.05) is 33.1 Å². The molecule has 1 N–H and O–H groups in total. The third-order valence-electron chi connectivity index (χ3n) is 5.77. The lowest BCUT2D eigenvalue weighted by Crippen LogP contribution is -2.39. The summed E-state index contributed by atoms with van der Waals surface area (Å²) >= 11 is 0. The minimum atomic E-state index is 0.552. The van der Waals surface area contributed by atoms with Gasteiger partial charge in [0, 0.05) is 12.6 Å². The summed E-state index contributed by atoms with van der Waals surface area (Å²) in [7, 11) is 0. The van der Waals surface area contributed by atoms with Crippen molar-refractivity contribution in [2.24, 2.45) is 11.8 Å². The lowest BCUT2D eigenvalue weighted by Gasteiger charge is -2.35. The second-order valence-electron chi connectivity index (χ2n) is 7.32. The molecule has 2 fully saturated rings. The third kappa shape index (κ3) is 5.90. The van der Waals surface area contributed by atoms with Gasteiger partial charge in [0.25, 0.3) is 0 Å². The van der Waals surface area contributed by atoms with Crippen LogP contribution < -0.4 is 5.32 Å². The zero-order chi connectivity index (χ0) is 14.9. The molecular formula is C19H37NO. The second-order valence-corrected chi connectivity index (χ2v) is 7.32. The molecule has 21 heavy (non-hydrogen) atoms. The highest BCUT2D eigenvalue weighted by molar-refractivity contribution is 4.83. The van der Waals surface area contributed by atoms with E-state index >= 15 is 0 Å². The van der Waals surface area contributed by atoms with Crippen LogP contribution in [-0.2, 0) is 4.74 Å². The monoisotopic (exact) mass is 295 g/mol. The van der Waals surface area contributed by atoms with Gasteiger partial charge in [-0.3, -0.25) is 0 Å². The largest absolute Gasteiger partial charge is 0.378 e. The lowest BCUT2D eigenvalue weighted by atomic mass is 9.76. The first-order valence-corrected chi connectivity index (χ1v) is 9.68. The number of ether oxygens (including phenoxy) is 1. The first-order chi connectivity index (χ1) is 10.3. The maximum Gasteiger partial charge on any atom is 0.0575 e. The zero-order valence-electron chi connectivity index (χ0n) is 14.4. The van der Waals surface area contributed by atoms with Crippen molar-refractivity contribution in [2.45, 2.75) is 96.6 Å². The third-order valence-corrected chi connectivity index (χ3v) is 5.77. The molecule has 0 aromatic heterocycles. The van der Waals surface area contributed by atoms with Gasteiger partial charge in [-0.2, -0.15) is 0 Å². The molecule has 1 saturated heterocycles. The van der Waals surface area contributed by atoms with Crippen molar-refractivity contribution in [3.8, 4) is 0 Å². The van der Waals surface area contributed by atoms with E-state index in [1.54, 1.807) is 0 Å². The van der Waals surface area contributed by atoms with Gasteiger partial charge >= 0.3 is 0 Å². The van der Waals surface area contributed by atoms with Gasteiger partial charge < -0.3 is 10.1 Å². The van der Waals surface area contributed by atoms with Gasteiger partial charge in [0.05, 0.1) is 6.10 Å². The Labute approximate surface area is 132 Å². The molecule has 2 atom stereocenters. The quantitative estimate of drug-likeness (QED) is 0.686. The van der Waals surface area contributed by atoms with Crippen molar-refractivity contribution in [3.63, 3.8) is 0 Å². The molecule has 0 spiro atoms. The Bertz CT molecular complexity index is 254. The standard InChI is InChI=1S/C19H37NO/c1-3-14-20-19(13-12-18-7-5-6-15-21-18)17-10-8-16(4-2)9-11-17/h16-20H,3-15H2,1-2H3. The van der Waals surface area contributed by atoms with Crippen LogP contribution in [0.5, 0.6) is 0 Å². The molecule has 2 aliphatic rings. The molecule has 2 nitrogen and oxygen atoms in total. The Kier molecular flexibility index (Phi) is 8.10. The molecule has 1 aliphatic heterocycles. The Morgan fingerprint density at radius 1 is 1.05 bits per heavy atom. The summed E-state index contributed by atoms with van der Waals surface area (Å²) in [6.45, 7) is 6.82. The van der Waals surface area contributed by atoms with E-state index in [0.29, 0.717) is 6.10 Å². The maximum atomic E-state index is 5.93. The van der Waals surface area contributed by atoms with Crippen molar-refractivity contribution in [1.82, 2.24) is 5.32 Å². The first-order valence-electron chi connectivity index (χ1n) is 9.68. The van der Waals surface area contributed by atoms with Crippen molar-refractivity contribution >= 4 is 0 Å².